The number of ether oxygens (including phenoxy) is 1. The van der Waals surface area contributed by atoms with Crippen molar-refractivity contribution >= 4 is 36.8 Å². The summed E-state index contributed by atoms with van der Waals surface area (Å²) in [5.41, 5.74) is 4.89. The van der Waals surface area contributed by atoms with Gasteiger partial charge in [-0.3, -0.25) is 0 Å². The predicted octanol–water partition coefficient (Wildman–Crippen LogP) is 8.10. The second kappa shape index (κ2) is 10.2. The van der Waals surface area contributed by atoms with Crippen LogP contribution in [0.1, 0.15) is 47.8 Å². The second-order valence-corrected chi connectivity index (χ2v) is 16.0. The molecule has 0 unspecified atom stereocenters. The van der Waals surface area contributed by atoms with E-state index in [0.717, 1.165) is 28.8 Å². The van der Waals surface area contributed by atoms with E-state index in [1.165, 1.54) is 18.2 Å². The van der Waals surface area contributed by atoms with Crippen LogP contribution in [0.2, 0.25) is 23.2 Å². The zero-order valence-electron chi connectivity index (χ0n) is 21.9. The molecule has 4 nitrogen and oxygen atoms in total. The molecule has 0 atom stereocenters. The van der Waals surface area contributed by atoms with Gasteiger partial charge in [0.1, 0.15) is 5.75 Å². The van der Waals surface area contributed by atoms with E-state index in [1.54, 1.807) is 12.1 Å². The van der Waals surface area contributed by atoms with Crippen molar-refractivity contribution in [2.45, 2.75) is 51.9 Å². The number of carbonyl (C=O) groups excluding carboxylic acids is 1. The smallest absolute Gasteiger partial charge is 0.338 e. The second-order valence-electron chi connectivity index (χ2n) is 10.8. The quantitative estimate of drug-likeness (QED) is 0.183. The summed E-state index contributed by atoms with van der Waals surface area (Å²) >= 11 is 6.11. The molecular formula is C30H34ClNO3Si. The van der Waals surface area contributed by atoms with Crippen LogP contribution in [-0.4, -0.2) is 26.0 Å². The van der Waals surface area contributed by atoms with Crippen LogP contribution in [0, 0.1) is 0 Å². The first-order valence-electron chi connectivity index (χ1n) is 12.2. The van der Waals surface area contributed by atoms with Gasteiger partial charge in [0.15, 0.2) is 0 Å². The number of esters is 1. The van der Waals surface area contributed by atoms with Crippen LogP contribution in [0.25, 0.3) is 10.9 Å². The Morgan fingerprint density at radius 2 is 1.75 bits per heavy atom. The van der Waals surface area contributed by atoms with Gasteiger partial charge in [-0.15, -0.1) is 0 Å². The van der Waals surface area contributed by atoms with E-state index in [-0.39, 0.29) is 11.0 Å². The number of carbonyl (C=O) groups is 1. The van der Waals surface area contributed by atoms with Crippen molar-refractivity contribution in [3.8, 4) is 5.75 Å². The average Bonchev–Trinajstić information content (AvgIpc) is 3.20. The number of hydrogen-bond acceptors (Lipinski definition) is 3. The highest BCUT2D eigenvalue weighted by Gasteiger charge is 2.38. The minimum atomic E-state index is -1.89. The number of nitrogens with zero attached hydrogens (tertiary/aromatic N) is 1. The summed E-state index contributed by atoms with van der Waals surface area (Å²) in [6, 6.07) is 22.4. The minimum Gasteiger partial charge on any atom is -0.543 e. The summed E-state index contributed by atoms with van der Waals surface area (Å²) in [7, 11) is -0.504. The molecule has 1 aromatic heterocycles. The highest BCUT2D eigenvalue weighted by Crippen LogP contribution is 2.37. The Morgan fingerprint density at radius 3 is 2.47 bits per heavy atom. The van der Waals surface area contributed by atoms with Crippen LogP contribution >= 0.6 is 11.6 Å². The fourth-order valence-electron chi connectivity index (χ4n) is 4.07. The van der Waals surface area contributed by atoms with Crippen LogP contribution in [-0.2, 0) is 17.7 Å². The van der Waals surface area contributed by atoms with Crippen molar-refractivity contribution in [1.29, 1.82) is 0 Å². The molecule has 3 aromatic carbocycles. The van der Waals surface area contributed by atoms with Gasteiger partial charge in [0.2, 0.25) is 8.32 Å². The fraction of sp³-hybridized carbons (Fsp3) is 0.300. The number of methoxy groups -OCH3 is 1. The lowest BCUT2D eigenvalue weighted by Crippen LogP contribution is -2.43. The minimum absolute atomic E-state index is 0.154. The van der Waals surface area contributed by atoms with Crippen LogP contribution in [0.4, 0.5) is 0 Å². The maximum absolute atomic E-state index is 12.2. The molecule has 4 aromatic rings. The SMILES string of the molecule is COC(=O)c1cc(Cl)ccc1Cc1ccc2c(ccn2Cc2cccc(O[Si](C)(C)C(C)(C)C)c2)c1. The summed E-state index contributed by atoms with van der Waals surface area (Å²) in [5, 5.41) is 1.83. The Labute approximate surface area is 219 Å². The highest BCUT2D eigenvalue weighted by molar-refractivity contribution is 6.74. The van der Waals surface area contributed by atoms with Crippen molar-refractivity contribution in [1.82, 2.24) is 4.57 Å². The van der Waals surface area contributed by atoms with Crippen molar-refractivity contribution in [3.05, 3.63) is 100 Å². The Hall–Kier alpha value is -3.02. The zero-order chi connectivity index (χ0) is 26.1. The molecule has 0 amide bonds. The lowest BCUT2D eigenvalue weighted by Gasteiger charge is -2.36. The van der Waals surface area contributed by atoms with E-state index >= 15 is 0 Å². The van der Waals surface area contributed by atoms with Crippen LogP contribution in [0.5, 0.6) is 5.75 Å². The van der Waals surface area contributed by atoms with Crippen molar-refractivity contribution in [3.63, 3.8) is 0 Å². The zero-order valence-corrected chi connectivity index (χ0v) is 23.6. The molecule has 0 spiro atoms. The van der Waals surface area contributed by atoms with E-state index in [0.29, 0.717) is 17.0 Å². The van der Waals surface area contributed by atoms with Crippen LogP contribution in [0.15, 0.2) is 72.9 Å². The van der Waals surface area contributed by atoms with E-state index in [1.807, 2.05) is 6.07 Å². The molecule has 0 radical (unpaired) electrons. The largest absolute Gasteiger partial charge is 0.543 e. The van der Waals surface area contributed by atoms with Gasteiger partial charge in [-0.25, -0.2) is 4.79 Å². The number of hydrogen-bond donors (Lipinski definition) is 0. The monoisotopic (exact) mass is 519 g/mol. The van der Waals surface area contributed by atoms with Crippen molar-refractivity contribution in [2.75, 3.05) is 7.11 Å². The van der Waals surface area contributed by atoms with Gasteiger partial charge in [0, 0.05) is 23.3 Å². The number of benzene rings is 3. The molecule has 36 heavy (non-hydrogen) atoms. The fourth-order valence-corrected chi connectivity index (χ4v) is 5.27. The average molecular weight is 520 g/mol. The first kappa shape index (κ1) is 26.1. The van der Waals surface area contributed by atoms with E-state index in [2.05, 4.69) is 93.2 Å². The van der Waals surface area contributed by atoms with E-state index < -0.39 is 8.32 Å². The van der Waals surface area contributed by atoms with Gasteiger partial charge < -0.3 is 13.7 Å². The van der Waals surface area contributed by atoms with Gasteiger partial charge in [0.25, 0.3) is 0 Å². The molecule has 4 rings (SSSR count). The Bertz CT molecular complexity index is 1400. The van der Waals surface area contributed by atoms with Crippen molar-refractivity contribution in [2.24, 2.45) is 0 Å². The van der Waals surface area contributed by atoms with Gasteiger partial charge >= 0.3 is 5.97 Å². The molecule has 0 aliphatic rings. The molecule has 0 aliphatic carbocycles. The highest BCUT2D eigenvalue weighted by atomic mass is 35.5. The summed E-state index contributed by atoms with van der Waals surface area (Å²) in [5.74, 6) is 0.571. The molecule has 0 aliphatic heterocycles. The number of fused-ring (bicyclic) bond motifs is 1. The molecular weight excluding hydrogens is 486 g/mol. The van der Waals surface area contributed by atoms with Gasteiger partial charge in [-0.05, 0) is 89.1 Å². The van der Waals surface area contributed by atoms with Gasteiger partial charge in [0.05, 0.1) is 12.7 Å². The Kier molecular flexibility index (Phi) is 7.35. The standard InChI is InChI=1S/C30H34ClNO3Si/c1-30(2,3)36(5,6)35-26-9-7-8-22(18-26)20-32-15-14-24-17-21(10-13-28(24)32)16-23-11-12-25(31)19-27(23)29(33)34-4/h7-15,17-19H,16,20H2,1-6H3. The predicted molar refractivity (Wildman–Crippen MR) is 151 cm³/mol. The maximum atomic E-state index is 12.2. The molecule has 0 saturated heterocycles. The van der Waals surface area contributed by atoms with E-state index in [4.69, 9.17) is 20.8 Å². The topological polar surface area (TPSA) is 40.5 Å². The molecule has 1 heterocycles. The first-order chi connectivity index (χ1) is 17.0. The Balaban J connectivity index is 1.55. The lowest BCUT2D eigenvalue weighted by atomic mass is 9.99. The third kappa shape index (κ3) is 5.68. The van der Waals surface area contributed by atoms with Crippen LogP contribution in [0.3, 0.4) is 0 Å². The summed E-state index contributed by atoms with van der Waals surface area (Å²) in [6.45, 7) is 12.1. The number of rotatable bonds is 7. The maximum Gasteiger partial charge on any atom is 0.338 e. The number of halogens is 1. The third-order valence-corrected chi connectivity index (χ3v) is 11.7. The summed E-state index contributed by atoms with van der Waals surface area (Å²) < 4.78 is 13.7. The molecule has 188 valence electrons. The molecule has 0 N–H and O–H groups in total. The van der Waals surface area contributed by atoms with E-state index in [9.17, 15) is 4.79 Å². The summed E-state index contributed by atoms with van der Waals surface area (Å²) in [6.07, 6.45) is 2.74. The lowest BCUT2D eigenvalue weighted by molar-refractivity contribution is 0.0599. The van der Waals surface area contributed by atoms with Crippen LogP contribution < -0.4 is 4.43 Å². The van der Waals surface area contributed by atoms with Gasteiger partial charge in [-0.2, -0.15) is 0 Å². The number of aromatic nitrogens is 1. The third-order valence-electron chi connectivity index (χ3n) is 7.14. The van der Waals surface area contributed by atoms with Gasteiger partial charge in [-0.1, -0.05) is 56.6 Å². The Morgan fingerprint density at radius 1 is 0.972 bits per heavy atom. The molecule has 0 bridgehead atoms. The first-order valence-corrected chi connectivity index (χ1v) is 15.5. The normalized spacial score (nSPS) is 12.1. The molecule has 6 heteroatoms. The van der Waals surface area contributed by atoms with Crippen molar-refractivity contribution < 1.29 is 14.0 Å². The molecule has 0 saturated carbocycles. The molecule has 0 fully saturated rings. The summed E-state index contributed by atoms with van der Waals surface area (Å²) in [4.78, 5) is 12.2.